The molecule has 26 heavy (non-hydrogen) atoms. The van der Waals surface area contributed by atoms with E-state index in [4.69, 9.17) is 0 Å². The fourth-order valence-electron chi connectivity index (χ4n) is 2.87. The molecule has 0 amide bonds. The number of fused-ring (bicyclic) bond motifs is 2. The van der Waals surface area contributed by atoms with Crippen molar-refractivity contribution in [1.82, 2.24) is 14.0 Å². The molecule has 0 spiro atoms. The Balaban J connectivity index is 2.08. The van der Waals surface area contributed by atoms with E-state index in [1.807, 2.05) is 6.07 Å². The molecule has 0 unspecified atom stereocenters. The minimum absolute atomic E-state index is 0.0700. The lowest BCUT2D eigenvalue weighted by atomic mass is 10.2. The van der Waals surface area contributed by atoms with Crippen molar-refractivity contribution in [3.63, 3.8) is 0 Å². The van der Waals surface area contributed by atoms with E-state index in [2.05, 4.69) is 4.98 Å². The number of halogens is 1. The molecule has 0 N–H and O–H groups in total. The second-order valence-electron chi connectivity index (χ2n) is 5.77. The maximum atomic E-state index is 13.1. The maximum Gasteiger partial charge on any atom is 0.270 e. The van der Waals surface area contributed by atoms with E-state index in [-0.39, 0.29) is 34.5 Å². The number of nitriles is 1. The van der Waals surface area contributed by atoms with Gasteiger partial charge in [0.05, 0.1) is 11.9 Å². The van der Waals surface area contributed by atoms with E-state index < -0.39 is 5.56 Å². The Morgan fingerprint density at radius 3 is 2.58 bits per heavy atom. The largest absolute Gasteiger partial charge is 0.287 e. The zero-order valence-electron chi connectivity index (χ0n) is 13.4. The molecular weight excluding hydrogens is 335 g/mol. The quantitative estimate of drug-likeness (QED) is 0.521. The van der Waals surface area contributed by atoms with Gasteiger partial charge in [0.15, 0.2) is 5.65 Å². The minimum Gasteiger partial charge on any atom is -0.287 e. The van der Waals surface area contributed by atoms with Gasteiger partial charge in [0.2, 0.25) is 0 Å². The summed E-state index contributed by atoms with van der Waals surface area (Å²) < 4.78 is 15.8. The third kappa shape index (κ3) is 2.45. The summed E-state index contributed by atoms with van der Waals surface area (Å²) in [5.74, 6) is -0.390. The van der Waals surface area contributed by atoms with Crippen molar-refractivity contribution in [2.75, 3.05) is 0 Å². The average molecular weight is 346 g/mol. The highest BCUT2D eigenvalue weighted by Gasteiger charge is 2.15. The lowest BCUT2D eigenvalue weighted by molar-refractivity contribution is 0.626. The van der Waals surface area contributed by atoms with Gasteiger partial charge in [0.25, 0.3) is 11.1 Å². The summed E-state index contributed by atoms with van der Waals surface area (Å²) in [6.07, 6.45) is 1.57. The molecule has 0 atom stereocenters. The summed E-state index contributed by atoms with van der Waals surface area (Å²) in [5, 5.41) is 9.44. The normalized spacial score (nSPS) is 10.9. The van der Waals surface area contributed by atoms with Gasteiger partial charge in [-0.25, -0.2) is 9.37 Å². The summed E-state index contributed by atoms with van der Waals surface area (Å²) in [7, 11) is 0. The molecule has 0 fully saturated rings. The van der Waals surface area contributed by atoms with Crippen molar-refractivity contribution in [3.8, 4) is 6.07 Å². The van der Waals surface area contributed by atoms with E-state index in [1.165, 1.54) is 27.2 Å². The first-order valence-electron chi connectivity index (χ1n) is 7.78. The average Bonchev–Trinajstić information content (AvgIpc) is 2.66. The molecule has 4 aromatic rings. The number of rotatable bonds is 2. The highest BCUT2D eigenvalue weighted by Crippen LogP contribution is 2.12. The van der Waals surface area contributed by atoms with Crippen LogP contribution in [0.1, 0.15) is 11.1 Å². The van der Waals surface area contributed by atoms with Crippen LogP contribution in [0.25, 0.3) is 16.7 Å². The summed E-state index contributed by atoms with van der Waals surface area (Å²) in [6, 6.07) is 13.8. The van der Waals surface area contributed by atoms with Gasteiger partial charge in [-0.2, -0.15) is 5.26 Å². The summed E-state index contributed by atoms with van der Waals surface area (Å²) in [5.41, 5.74) is 0.178. The molecule has 1 aromatic carbocycles. The van der Waals surface area contributed by atoms with Crippen LogP contribution in [0.2, 0.25) is 0 Å². The zero-order chi connectivity index (χ0) is 18.3. The molecule has 3 aromatic heterocycles. The molecule has 0 radical (unpaired) electrons. The van der Waals surface area contributed by atoms with Crippen LogP contribution in [0.15, 0.2) is 64.3 Å². The maximum absolute atomic E-state index is 13.1. The molecular formula is C19H11FN4O2. The van der Waals surface area contributed by atoms with Crippen LogP contribution in [0.4, 0.5) is 4.39 Å². The van der Waals surface area contributed by atoms with Gasteiger partial charge in [-0.15, -0.1) is 0 Å². The molecule has 0 bridgehead atoms. The van der Waals surface area contributed by atoms with Gasteiger partial charge in [-0.1, -0.05) is 18.2 Å². The Bertz CT molecular complexity index is 1310. The highest BCUT2D eigenvalue weighted by atomic mass is 19.1. The van der Waals surface area contributed by atoms with E-state index in [1.54, 1.807) is 36.5 Å². The number of benzene rings is 1. The lowest BCUT2D eigenvalue weighted by Gasteiger charge is -2.11. The topological polar surface area (TPSA) is 80.2 Å². The SMILES string of the molecule is N#Cc1cc2c(=O)n3ccccc3nc2n(Cc2ccc(F)cc2)c1=O. The lowest BCUT2D eigenvalue weighted by Crippen LogP contribution is -2.27. The highest BCUT2D eigenvalue weighted by molar-refractivity contribution is 5.77. The second-order valence-corrected chi connectivity index (χ2v) is 5.77. The number of pyridine rings is 2. The Morgan fingerprint density at radius 1 is 1.08 bits per heavy atom. The molecule has 126 valence electrons. The fraction of sp³-hybridized carbons (Fsp3) is 0.0526. The standard InChI is InChI=1S/C19H11FN4O2/c20-14-6-4-12(5-7-14)11-24-17-15(9-13(10-21)18(24)25)19(26)23-8-2-1-3-16(23)22-17/h1-9H,11H2. The first-order valence-corrected chi connectivity index (χ1v) is 7.78. The third-order valence-electron chi connectivity index (χ3n) is 4.14. The van der Waals surface area contributed by atoms with Gasteiger partial charge in [0, 0.05) is 6.20 Å². The fourth-order valence-corrected chi connectivity index (χ4v) is 2.87. The number of hydrogen-bond acceptors (Lipinski definition) is 4. The van der Waals surface area contributed by atoms with Crippen molar-refractivity contribution < 1.29 is 4.39 Å². The molecule has 0 aliphatic rings. The van der Waals surface area contributed by atoms with E-state index in [9.17, 15) is 19.2 Å². The predicted molar refractivity (Wildman–Crippen MR) is 93.4 cm³/mol. The first-order chi connectivity index (χ1) is 12.6. The molecule has 6 nitrogen and oxygen atoms in total. The number of nitrogens with zero attached hydrogens (tertiary/aromatic N) is 4. The minimum atomic E-state index is -0.545. The molecule has 0 aliphatic carbocycles. The van der Waals surface area contributed by atoms with E-state index in [0.717, 1.165) is 0 Å². The third-order valence-corrected chi connectivity index (χ3v) is 4.14. The van der Waals surface area contributed by atoms with Crippen molar-refractivity contribution in [3.05, 3.63) is 92.4 Å². The molecule has 0 saturated carbocycles. The Hall–Kier alpha value is -3.79. The van der Waals surface area contributed by atoms with Crippen LogP contribution in [-0.2, 0) is 6.54 Å². The predicted octanol–water partition coefficient (Wildman–Crippen LogP) is 2.07. The van der Waals surface area contributed by atoms with Crippen LogP contribution in [0, 0.1) is 17.1 Å². The van der Waals surface area contributed by atoms with Crippen LogP contribution in [-0.4, -0.2) is 14.0 Å². The van der Waals surface area contributed by atoms with Crippen LogP contribution in [0.5, 0.6) is 0 Å². The monoisotopic (exact) mass is 346 g/mol. The van der Waals surface area contributed by atoms with Crippen molar-refractivity contribution in [2.45, 2.75) is 6.54 Å². The summed E-state index contributed by atoms with van der Waals surface area (Å²) in [6.45, 7) is 0.0700. The first kappa shape index (κ1) is 15.7. The second kappa shape index (κ2) is 5.93. The van der Waals surface area contributed by atoms with Crippen LogP contribution in [0.3, 0.4) is 0 Å². The summed E-state index contributed by atoms with van der Waals surface area (Å²) >= 11 is 0. The van der Waals surface area contributed by atoms with E-state index >= 15 is 0 Å². The molecule has 0 aliphatic heterocycles. The van der Waals surface area contributed by atoms with Crippen LogP contribution < -0.4 is 11.1 Å². The van der Waals surface area contributed by atoms with Crippen molar-refractivity contribution in [2.24, 2.45) is 0 Å². The zero-order valence-corrected chi connectivity index (χ0v) is 13.4. The van der Waals surface area contributed by atoms with Gasteiger partial charge >= 0.3 is 0 Å². The Labute approximate surface area is 146 Å². The van der Waals surface area contributed by atoms with Gasteiger partial charge in [-0.3, -0.25) is 18.6 Å². The smallest absolute Gasteiger partial charge is 0.270 e. The van der Waals surface area contributed by atoms with Gasteiger partial charge < -0.3 is 0 Å². The summed E-state index contributed by atoms with van der Waals surface area (Å²) in [4.78, 5) is 29.8. The van der Waals surface area contributed by atoms with Gasteiger partial charge in [0.1, 0.15) is 23.1 Å². The molecule has 3 heterocycles. The number of hydrogen-bond donors (Lipinski definition) is 0. The molecule has 4 rings (SSSR count). The molecule has 7 heteroatoms. The molecule has 0 saturated heterocycles. The number of aromatic nitrogens is 3. The Morgan fingerprint density at radius 2 is 1.85 bits per heavy atom. The Kier molecular flexibility index (Phi) is 3.59. The van der Waals surface area contributed by atoms with Crippen LogP contribution >= 0.6 is 0 Å². The van der Waals surface area contributed by atoms with E-state index in [0.29, 0.717) is 11.2 Å². The van der Waals surface area contributed by atoms with Crippen molar-refractivity contribution >= 4 is 16.7 Å². The van der Waals surface area contributed by atoms with Gasteiger partial charge in [-0.05, 0) is 35.9 Å². The van der Waals surface area contributed by atoms with Crippen molar-refractivity contribution in [1.29, 1.82) is 5.26 Å².